The predicted octanol–water partition coefficient (Wildman–Crippen LogP) is 1.86. The molecule has 0 amide bonds. The standard InChI is InChI=1S/C13H20N6O/c1-2-3-4-8-5-6-9(20-8)19-7-16-10-11(14)17-13(15)18-12(10)19/h7-9H,2-6H2,1H3,(H4,14,15,17,18). The molecule has 4 N–H and O–H groups in total. The molecule has 1 saturated heterocycles. The van der Waals surface area contributed by atoms with Crippen molar-refractivity contribution in [3.63, 3.8) is 0 Å². The van der Waals surface area contributed by atoms with Crippen molar-refractivity contribution in [3.8, 4) is 0 Å². The zero-order chi connectivity index (χ0) is 14.1. The van der Waals surface area contributed by atoms with Crippen molar-refractivity contribution in [2.45, 2.75) is 51.4 Å². The third kappa shape index (κ3) is 2.29. The molecular weight excluding hydrogens is 256 g/mol. The van der Waals surface area contributed by atoms with Crippen LogP contribution in [0.5, 0.6) is 0 Å². The lowest BCUT2D eigenvalue weighted by atomic mass is 10.1. The van der Waals surface area contributed by atoms with E-state index in [-0.39, 0.29) is 12.2 Å². The number of unbranched alkanes of at least 4 members (excludes halogenated alkanes) is 1. The molecule has 108 valence electrons. The van der Waals surface area contributed by atoms with Crippen molar-refractivity contribution in [3.05, 3.63) is 6.33 Å². The van der Waals surface area contributed by atoms with Gasteiger partial charge in [-0.05, 0) is 19.3 Å². The molecule has 0 radical (unpaired) electrons. The summed E-state index contributed by atoms with van der Waals surface area (Å²) in [7, 11) is 0. The van der Waals surface area contributed by atoms with Crippen LogP contribution in [0.25, 0.3) is 11.2 Å². The molecule has 0 spiro atoms. The Labute approximate surface area is 117 Å². The van der Waals surface area contributed by atoms with E-state index in [4.69, 9.17) is 16.2 Å². The number of hydrogen-bond donors (Lipinski definition) is 2. The average molecular weight is 276 g/mol. The zero-order valence-corrected chi connectivity index (χ0v) is 11.6. The molecule has 1 fully saturated rings. The molecule has 1 aliphatic heterocycles. The SMILES string of the molecule is CCCCC1CCC(n2cnc3c(N)nc(N)nc32)O1. The van der Waals surface area contributed by atoms with Crippen LogP contribution in [0.3, 0.4) is 0 Å². The molecule has 0 bridgehead atoms. The summed E-state index contributed by atoms with van der Waals surface area (Å²) >= 11 is 0. The number of nitrogens with zero attached hydrogens (tertiary/aromatic N) is 4. The first kappa shape index (κ1) is 13.1. The minimum Gasteiger partial charge on any atom is -0.382 e. The fourth-order valence-corrected chi connectivity index (χ4v) is 2.70. The number of fused-ring (bicyclic) bond motifs is 1. The minimum absolute atomic E-state index is 0.0319. The fraction of sp³-hybridized carbons (Fsp3) is 0.615. The van der Waals surface area contributed by atoms with Gasteiger partial charge < -0.3 is 16.2 Å². The highest BCUT2D eigenvalue weighted by Crippen LogP contribution is 2.33. The first-order chi connectivity index (χ1) is 9.69. The van der Waals surface area contributed by atoms with Gasteiger partial charge in [0.25, 0.3) is 0 Å². The molecule has 2 aromatic heterocycles. The van der Waals surface area contributed by atoms with Crippen LogP contribution in [0.1, 0.15) is 45.3 Å². The summed E-state index contributed by atoms with van der Waals surface area (Å²) in [6.07, 6.45) is 7.54. The molecule has 1 aliphatic rings. The lowest BCUT2D eigenvalue weighted by molar-refractivity contribution is -0.000142. The van der Waals surface area contributed by atoms with Crippen LogP contribution < -0.4 is 11.5 Å². The van der Waals surface area contributed by atoms with E-state index in [0.717, 1.165) is 19.3 Å². The Kier molecular flexibility index (Phi) is 3.43. The monoisotopic (exact) mass is 276 g/mol. The van der Waals surface area contributed by atoms with Crippen LogP contribution >= 0.6 is 0 Å². The van der Waals surface area contributed by atoms with Crippen LogP contribution in [0, 0.1) is 0 Å². The summed E-state index contributed by atoms with van der Waals surface area (Å²) in [6, 6.07) is 0. The smallest absolute Gasteiger partial charge is 0.224 e. The Balaban J connectivity index is 1.85. The minimum atomic E-state index is -0.0319. The van der Waals surface area contributed by atoms with E-state index in [2.05, 4.69) is 21.9 Å². The second-order valence-corrected chi connectivity index (χ2v) is 5.22. The number of imidazole rings is 1. The Bertz CT molecular complexity index is 610. The Morgan fingerprint density at radius 1 is 1.35 bits per heavy atom. The second kappa shape index (κ2) is 5.24. The van der Waals surface area contributed by atoms with E-state index in [1.165, 1.54) is 12.8 Å². The first-order valence-corrected chi connectivity index (χ1v) is 7.10. The number of aromatic nitrogens is 4. The van der Waals surface area contributed by atoms with Crippen LogP contribution in [0.2, 0.25) is 0 Å². The molecular formula is C13H20N6O. The summed E-state index contributed by atoms with van der Waals surface area (Å²) in [6.45, 7) is 2.19. The largest absolute Gasteiger partial charge is 0.382 e. The van der Waals surface area contributed by atoms with Crippen molar-refractivity contribution < 1.29 is 4.74 Å². The summed E-state index contributed by atoms with van der Waals surface area (Å²) in [5.41, 5.74) is 12.7. The lowest BCUT2D eigenvalue weighted by Crippen LogP contribution is -2.11. The molecule has 3 rings (SSSR count). The molecule has 0 aliphatic carbocycles. The van der Waals surface area contributed by atoms with Crippen LogP contribution in [-0.4, -0.2) is 25.6 Å². The van der Waals surface area contributed by atoms with Crippen LogP contribution in [-0.2, 0) is 4.74 Å². The topological polar surface area (TPSA) is 105 Å². The molecule has 2 unspecified atom stereocenters. The quantitative estimate of drug-likeness (QED) is 0.883. The maximum absolute atomic E-state index is 6.08. The van der Waals surface area contributed by atoms with Gasteiger partial charge in [-0.2, -0.15) is 9.97 Å². The number of rotatable bonds is 4. The van der Waals surface area contributed by atoms with E-state index < -0.39 is 0 Å². The summed E-state index contributed by atoms with van der Waals surface area (Å²) < 4.78 is 7.99. The number of anilines is 2. The predicted molar refractivity (Wildman–Crippen MR) is 76.8 cm³/mol. The molecule has 0 saturated carbocycles. The highest BCUT2D eigenvalue weighted by atomic mass is 16.5. The van der Waals surface area contributed by atoms with E-state index in [1.807, 2.05) is 4.57 Å². The van der Waals surface area contributed by atoms with Crippen molar-refractivity contribution in [2.75, 3.05) is 11.5 Å². The molecule has 0 aromatic carbocycles. The summed E-state index contributed by atoms with van der Waals surface area (Å²) in [5.74, 6) is 0.476. The maximum atomic E-state index is 6.08. The van der Waals surface area contributed by atoms with Gasteiger partial charge in [-0.1, -0.05) is 19.8 Å². The Hall–Kier alpha value is -1.89. The van der Waals surface area contributed by atoms with Crippen molar-refractivity contribution >= 4 is 22.9 Å². The highest BCUT2D eigenvalue weighted by Gasteiger charge is 2.27. The van der Waals surface area contributed by atoms with Gasteiger partial charge in [-0.25, -0.2) is 4.98 Å². The highest BCUT2D eigenvalue weighted by molar-refractivity contribution is 5.82. The van der Waals surface area contributed by atoms with Gasteiger partial charge in [-0.15, -0.1) is 0 Å². The summed E-state index contributed by atoms with van der Waals surface area (Å²) in [5, 5.41) is 0. The third-order valence-electron chi connectivity index (χ3n) is 3.74. The lowest BCUT2D eigenvalue weighted by Gasteiger charge is -2.15. The van der Waals surface area contributed by atoms with Crippen molar-refractivity contribution in [2.24, 2.45) is 0 Å². The van der Waals surface area contributed by atoms with Gasteiger partial charge in [0, 0.05) is 0 Å². The summed E-state index contributed by atoms with van der Waals surface area (Å²) in [4.78, 5) is 12.4. The maximum Gasteiger partial charge on any atom is 0.224 e. The van der Waals surface area contributed by atoms with Gasteiger partial charge in [0.1, 0.15) is 11.7 Å². The number of nitrogens with two attached hydrogens (primary N) is 2. The van der Waals surface area contributed by atoms with E-state index in [1.54, 1.807) is 6.33 Å². The molecule has 7 nitrogen and oxygen atoms in total. The fourth-order valence-electron chi connectivity index (χ4n) is 2.70. The third-order valence-corrected chi connectivity index (χ3v) is 3.74. The Morgan fingerprint density at radius 3 is 3.00 bits per heavy atom. The van der Waals surface area contributed by atoms with Crippen molar-refractivity contribution in [1.82, 2.24) is 19.5 Å². The van der Waals surface area contributed by atoms with Gasteiger partial charge in [0.05, 0.1) is 12.4 Å². The average Bonchev–Trinajstić information content (AvgIpc) is 3.02. The van der Waals surface area contributed by atoms with Gasteiger partial charge in [0.2, 0.25) is 5.95 Å². The Morgan fingerprint density at radius 2 is 2.20 bits per heavy atom. The molecule has 2 atom stereocenters. The first-order valence-electron chi connectivity index (χ1n) is 7.10. The molecule has 20 heavy (non-hydrogen) atoms. The van der Waals surface area contributed by atoms with E-state index >= 15 is 0 Å². The van der Waals surface area contributed by atoms with Crippen molar-refractivity contribution in [1.29, 1.82) is 0 Å². The van der Waals surface area contributed by atoms with Crippen LogP contribution in [0.4, 0.5) is 11.8 Å². The number of ether oxygens (including phenoxy) is 1. The molecule has 2 aromatic rings. The van der Waals surface area contributed by atoms with E-state index in [9.17, 15) is 0 Å². The molecule has 3 heterocycles. The zero-order valence-electron chi connectivity index (χ0n) is 11.6. The van der Waals surface area contributed by atoms with Gasteiger partial charge in [-0.3, -0.25) is 4.57 Å². The second-order valence-electron chi connectivity index (χ2n) is 5.22. The number of hydrogen-bond acceptors (Lipinski definition) is 6. The van der Waals surface area contributed by atoms with Crippen LogP contribution in [0.15, 0.2) is 6.33 Å². The van der Waals surface area contributed by atoms with Gasteiger partial charge >= 0.3 is 0 Å². The van der Waals surface area contributed by atoms with Gasteiger partial charge in [0.15, 0.2) is 11.5 Å². The normalized spacial score (nSPS) is 22.6. The molecule has 7 heteroatoms. The van der Waals surface area contributed by atoms with E-state index in [0.29, 0.717) is 23.1 Å². The number of nitrogen functional groups attached to an aromatic ring is 2.